The van der Waals surface area contributed by atoms with Gasteiger partial charge in [-0.3, -0.25) is 4.79 Å². The number of nitrogens with one attached hydrogen (secondary N) is 1. The minimum atomic E-state index is -0.639. The van der Waals surface area contributed by atoms with Crippen LogP contribution in [-0.4, -0.2) is 27.2 Å². The van der Waals surface area contributed by atoms with Gasteiger partial charge in [0.05, 0.1) is 28.5 Å². The van der Waals surface area contributed by atoms with E-state index in [2.05, 4.69) is 10.1 Å². The largest absolute Gasteiger partial charge is 0.461 e. The fourth-order valence-electron chi connectivity index (χ4n) is 3.08. The zero-order chi connectivity index (χ0) is 19.3. The molecule has 0 aliphatic heterocycles. The molecule has 0 bridgehead atoms. The van der Waals surface area contributed by atoms with Crippen molar-refractivity contribution in [2.24, 2.45) is 0 Å². The summed E-state index contributed by atoms with van der Waals surface area (Å²) in [6, 6.07) is 2.40. The highest BCUT2D eigenvalue weighted by molar-refractivity contribution is 6.42. The van der Waals surface area contributed by atoms with Crippen LogP contribution in [-0.2, 0) is 4.74 Å². The van der Waals surface area contributed by atoms with Gasteiger partial charge in [-0.25, -0.2) is 13.7 Å². The molecule has 1 fully saturated rings. The molecule has 140 valence electrons. The average Bonchev–Trinajstić information content (AvgIpc) is 3.38. The summed E-state index contributed by atoms with van der Waals surface area (Å²) < 4.78 is 20.7. The van der Waals surface area contributed by atoms with Gasteiger partial charge in [-0.15, -0.1) is 0 Å². The van der Waals surface area contributed by atoms with Crippen LogP contribution in [0, 0.1) is 5.82 Å². The number of hydrogen-bond acceptors (Lipinski definition) is 4. The number of carbonyl (C=O) groups excluding carboxylic acids is 1. The first kappa shape index (κ1) is 18.0. The smallest absolute Gasteiger partial charge is 0.359 e. The third kappa shape index (κ3) is 3.11. The Morgan fingerprint density at radius 1 is 1.37 bits per heavy atom. The summed E-state index contributed by atoms with van der Waals surface area (Å²) in [7, 11) is 0. The summed E-state index contributed by atoms with van der Waals surface area (Å²) in [4.78, 5) is 27.7. The summed E-state index contributed by atoms with van der Waals surface area (Å²) >= 11 is 11.8. The molecule has 0 saturated heterocycles. The van der Waals surface area contributed by atoms with Crippen molar-refractivity contribution in [2.45, 2.75) is 25.7 Å². The molecule has 1 aromatic carbocycles. The Labute approximate surface area is 162 Å². The van der Waals surface area contributed by atoms with Crippen LogP contribution in [0.15, 0.2) is 23.1 Å². The second-order valence-electron chi connectivity index (χ2n) is 6.29. The normalized spacial score (nSPS) is 13.9. The lowest BCUT2D eigenvalue weighted by atomic mass is 10.1. The van der Waals surface area contributed by atoms with E-state index in [1.54, 1.807) is 6.92 Å². The first-order valence-electron chi connectivity index (χ1n) is 8.38. The van der Waals surface area contributed by atoms with E-state index in [0.29, 0.717) is 5.56 Å². The predicted molar refractivity (Wildman–Crippen MR) is 99.2 cm³/mol. The zero-order valence-corrected chi connectivity index (χ0v) is 15.7. The van der Waals surface area contributed by atoms with Crippen molar-refractivity contribution in [2.75, 3.05) is 6.61 Å². The number of halogens is 3. The molecule has 0 amide bonds. The summed E-state index contributed by atoms with van der Waals surface area (Å²) in [5.74, 6) is -1.13. The summed E-state index contributed by atoms with van der Waals surface area (Å²) in [5.41, 5.74) is 0.744. The lowest BCUT2D eigenvalue weighted by molar-refractivity contribution is 0.0517. The molecule has 27 heavy (non-hydrogen) atoms. The van der Waals surface area contributed by atoms with E-state index in [4.69, 9.17) is 27.9 Å². The number of aromatic amines is 1. The summed E-state index contributed by atoms with van der Waals surface area (Å²) in [6.07, 6.45) is 3.20. The Bertz CT molecular complexity index is 1140. The van der Waals surface area contributed by atoms with Crippen LogP contribution in [0.3, 0.4) is 0 Å². The van der Waals surface area contributed by atoms with Gasteiger partial charge in [-0.05, 0) is 37.8 Å². The minimum Gasteiger partial charge on any atom is -0.461 e. The number of esters is 1. The zero-order valence-electron chi connectivity index (χ0n) is 14.2. The van der Waals surface area contributed by atoms with Crippen molar-refractivity contribution in [3.05, 3.63) is 55.8 Å². The van der Waals surface area contributed by atoms with E-state index in [9.17, 15) is 14.0 Å². The van der Waals surface area contributed by atoms with Crippen molar-refractivity contribution in [1.29, 1.82) is 0 Å². The van der Waals surface area contributed by atoms with Gasteiger partial charge < -0.3 is 9.72 Å². The second kappa shape index (κ2) is 6.65. The standard InChI is InChI=1S/C18H14Cl2FN3O3/c1-2-27-18(26)15-14(8-3-4-8)16-17(25)22-13(7-24(16)23-15)9-5-10(19)11(20)6-12(9)21/h5-8H,2-4H2,1H3,(H,22,25). The molecule has 2 heterocycles. The first-order valence-corrected chi connectivity index (χ1v) is 9.13. The number of ether oxygens (including phenoxy) is 1. The van der Waals surface area contributed by atoms with Crippen molar-refractivity contribution in [3.8, 4) is 11.3 Å². The molecule has 0 spiro atoms. The molecule has 1 aliphatic carbocycles. The first-order chi connectivity index (χ1) is 12.9. The van der Waals surface area contributed by atoms with Crippen LogP contribution in [0.1, 0.15) is 41.7 Å². The highest BCUT2D eigenvalue weighted by Crippen LogP contribution is 2.43. The van der Waals surface area contributed by atoms with E-state index in [-0.39, 0.29) is 45.0 Å². The molecule has 9 heteroatoms. The number of nitrogens with zero attached hydrogens (tertiary/aromatic N) is 2. The maximum absolute atomic E-state index is 14.3. The van der Waals surface area contributed by atoms with E-state index in [0.717, 1.165) is 18.9 Å². The van der Waals surface area contributed by atoms with Crippen LogP contribution in [0.25, 0.3) is 16.8 Å². The maximum Gasteiger partial charge on any atom is 0.359 e. The lowest BCUT2D eigenvalue weighted by Crippen LogP contribution is -2.12. The molecular weight excluding hydrogens is 396 g/mol. The second-order valence-corrected chi connectivity index (χ2v) is 7.11. The predicted octanol–water partition coefficient (Wildman–Crippen LogP) is 4.19. The number of carbonyl (C=O) groups is 1. The van der Waals surface area contributed by atoms with Crippen molar-refractivity contribution in [3.63, 3.8) is 0 Å². The maximum atomic E-state index is 14.3. The molecule has 0 atom stereocenters. The summed E-state index contributed by atoms with van der Waals surface area (Å²) in [6.45, 7) is 1.90. The van der Waals surface area contributed by atoms with Gasteiger partial charge >= 0.3 is 5.97 Å². The molecule has 4 rings (SSSR count). The fourth-order valence-corrected chi connectivity index (χ4v) is 3.39. The molecule has 1 saturated carbocycles. The van der Waals surface area contributed by atoms with Gasteiger partial charge in [0, 0.05) is 11.1 Å². The van der Waals surface area contributed by atoms with E-state index in [1.807, 2.05) is 0 Å². The lowest BCUT2D eigenvalue weighted by Gasteiger charge is -2.06. The molecule has 1 N–H and O–H groups in total. The molecular formula is C18H14Cl2FN3O3. The Hall–Kier alpha value is -2.38. The van der Waals surface area contributed by atoms with E-state index >= 15 is 0 Å². The molecule has 3 aromatic rings. The third-order valence-electron chi connectivity index (χ3n) is 4.42. The number of H-pyrrole nitrogens is 1. The number of hydrogen-bond donors (Lipinski definition) is 1. The van der Waals surface area contributed by atoms with Crippen LogP contribution >= 0.6 is 23.2 Å². The quantitative estimate of drug-likeness (QED) is 0.517. The minimum absolute atomic E-state index is 0.0704. The molecule has 2 aromatic heterocycles. The van der Waals surface area contributed by atoms with Crippen molar-refractivity contribution in [1.82, 2.24) is 14.6 Å². The van der Waals surface area contributed by atoms with Crippen molar-refractivity contribution >= 4 is 34.7 Å². The van der Waals surface area contributed by atoms with Gasteiger partial charge in [0.25, 0.3) is 5.56 Å². The number of aromatic nitrogens is 3. The Morgan fingerprint density at radius 3 is 2.74 bits per heavy atom. The van der Waals surface area contributed by atoms with E-state index in [1.165, 1.54) is 16.8 Å². The van der Waals surface area contributed by atoms with Gasteiger partial charge in [-0.2, -0.15) is 5.10 Å². The van der Waals surface area contributed by atoms with Crippen LogP contribution in [0.4, 0.5) is 4.39 Å². The average molecular weight is 410 g/mol. The molecule has 1 aliphatic rings. The molecule has 6 nitrogen and oxygen atoms in total. The van der Waals surface area contributed by atoms with Crippen LogP contribution in [0.2, 0.25) is 10.0 Å². The molecule has 0 unspecified atom stereocenters. The fraction of sp³-hybridized carbons (Fsp3) is 0.278. The number of benzene rings is 1. The highest BCUT2D eigenvalue weighted by atomic mass is 35.5. The van der Waals surface area contributed by atoms with E-state index < -0.39 is 17.3 Å². The van der Waals surface area contributed by atoms with Crippen molar-refractivity contribution < 1.29 is 13.9 Å². The van der Waals surface area contributed by atoms with Gasteiger partial charge in [0.2, 0.25) is 0 Å². The third-order valence-corrected chi connectivity index (χ3v) is 5.14. The van der Waals surface area contributed by atoms with Gasteiger partial charge in [-0.1, -0.05) is 23.2 Å². The highest BCUT2D eigenvalue weighted by Gasteiger charge is 2.34. The Morgan fingerprint density at radius 2 is 2.07 bits per heavy atom. The molecule has 0 radical (unpaired) electrons. The topological polar surface area (TPSA) is 76.5 Å². The number of fused-ring (bicyclic) bond motifs is 1. The van der Waals surface area contributed by atoms with Gasteiger partial charge in [0.15, 0.2) is 5.69 Å². The number of rotatable bonds is 4. The van der Waals surface area contributed by atoms with Crippen LogP contribution < -0.4 is 5.56 Å². The SMILES string of the molecule is CCOC(=O)c1nn2cc(-c3cc(Cl)c(Cl)cc3F)[nH]c(=O)c2c1C1CC1. The Kier molecular flexibility index (Phi) is 4.44. The monoisotopic (exact) mass is 409 g/mol. The van der Waals surface area contributed by atoms with Crippen LogP contribution in [0.5, 0.6) is 0 Å². The van der Waals surface area contributed by atoms with Gasteiger partial charge in [0.1, 0.15) is 11.3 Å². The summed E-state index contributed by atoms with van der Waals surface area (Å²) in [5, 5.41) is 4.47. The Balaban J connectivity index is 1.94.